The minimum absolute atomic E-state index is 0.0480. The summed E-state index contributed by atoms with van der Waals surface area (Å²) >= 11 is 0. The Balaban J connectivity index is 1.89. The van der Waals surface area contributed by atoms with Crippen LogP contribution in [0.2, 0.25) is 0 Å². The standard InChI is InChI=1S/C16H20N4/c1-16(14-6-3-2-4-7-14)12-20(9-5-8-19-16)15-10-17-13-18-11-15/h2-4,6-7,10-11,13,19H,5,8-9,12H2,1H3. The fourth-order valence-electron chi connectivity index (χ4n) is 2.83. The van der Waals surface area contributed by atoms with E-state index >= 15 is 0 Å². The van der Waals surface area contributed by atoms with Crippen molar-refractivity contribution in [3.05, 3.63) is 54.6 Å². The van der Waals surface area contributed by atoms with Gasteiger partial charge in [-0.15, -0.1) is 0 Å². The molecular weight excluding hydrogens is 248 g/mol. The number of hydrogen-bond donors (Lipinski definition) is 1. The summed E-state index contributed by atoms with van der Waals surface area (Å²) in [6.45, 7) is 5.24. The summed E-state index contributed by atoms with van der Waals surface area (Å²) in [6.07, 6.45) is 6.49. The lowest BCUT2D eigenvalue weighted by atomic mass is 9.91. The normalized spacial score (nSPS) is 23.4. The largest absolute Gasteiger partial charge is 0.367 e. The quantitative estimate of drug-likeness (QED) is 0.906. The number of nitrogens with zero attached hydrogens (tertiary/aromatic N) is 3. The molecule has 0 spiro atoms. The third kappa shape index (κ3) is 2.65. The van der Waals surface area contributed by atoms with Crippen molar-refractivity contribution >= 4 is 5.69 Å². The van der Waals surface area contributed by atoms with Gasteiger partial charge in [-0.05, 0) is 25.5 Å². The maximum Gasteiger partial charge on any atom is 0.115 e. The van der Waals surface area contributed by atoms with Crippen molar-refractivity contribution in [2.75, 3.05) is 24.5 Å². The lowest BCUT2D eigenvalue weighted by Gasteiger charge is -2.34. The van der Waals surface area contributed by atoms with Gasteiger partial charge < -0.3 is 10.2 Å². The van der Waals surface area contributed by atoms with Gasteiger partial charge in [-0.25, -0.2) is 9.97 Å². The first-order valence-electron chi connectivity index (χ1n) is 7.08. The van der Waals surface area contributed by atoms with Gasteiger partial charge in [-0.3, -0.25) is 0 Å². The summed E-state index contributed by atoms with van der Waals surface area (Å²) in [5, 5.41) is 3.69. The SMILES string of the molecule is CC1(c2ccccc2)CN(c2cncnc2)CCCN1. The van der Waals surface area contributed by atoms with Crippen LogP contribution in [0.5, 0.6) is 0 Å². The van der Waals surface area contributed by atoms with Crippen LogP contribution in [0.4, 0.5) is 5.69 Å². The van der Waals surface area contributed by atoms with Gasteiger partial charge in [0.05, 0.1) is 23.6 Å². The molecule has 1 N–H and O–H groups in total. The van der Waals surface area contributed by atoms with E-state index in [-0.39, 0.29) is 5.54 Å². The van der Waals surface area contributed by atoms with E-state index in [0.29, 0.717) is 0 Å². The molecule has 1 aromatic carbocycles. The molecule has 0 radical (unpaired) electrons. The number of rotatable bonds is 2. The third-order valence-electron chi connectivity index (χ3n) is 3.95. The van der Waals surface area contributed by atoms with Crippen LogP contribution in [-0.2, 0) is 5.54 Å². The molecule has 0 bridgehead atoms. The zero-order chi connectivity index (χ0) is 13.8. The van der Waals surface area contributed by atoms with Crippen LogP contribution < -0.4 is 10.2 Å². The minimum Gasteiger partial charge on any atom is -0.367 e. The molecule has 20 heavy (non-hydrogen) atoms. The van der Waals surface area contributed by atoms with E-state index in [1.165, 1.54) is 5.56 Å². The van der Waals surface area contributed by atoms with Crippen molar-refractivity contribution in [1.29, 1.82) is 0 Å². The molecule has 4 heteroatoms. The Kier molecular flexibility index (Phi) is 3.65. The van der Waals surface area contributed by atoms with E-state index < -0.39 is 0 Å². The van der Waals surface area contributed by atoms with Crippen molar-refractivity contribution in [3.63, 3.8) is 0 Å². The summed E-state index contributed by atoms with van der Waals surface area (Å²) in [5.74, 6) is 0. The zero-order valence-electron chi connectivity index (χ0n) is 11.8. The lowest BCUT2D eigenvalue weighted by molar-refractivity contribution is 0.392. The number of aromatic nitrogens is 2. The molecule has 4 nitrogen and oxygen atoms in total. The first-order chi connectivity index (χ1) is 9.78. The molecule has 1 aliphatic rings. The Morgan fingerprint density at radius 1 is 1.15 bits per heavy atom. The van der Waals surface area contributed by atoms with E-state index in [2.05, 4.69) is 57.4 Å². The Bertz CT molecular complexity index is 543. The highest BCUT2D eigenvalue weighted by Crippen LogP contribution is 2.26. The van der Waals surface area contributed by atoms with Crippen molar-refractivity contribution in [2.24, 2.45) is 0 Å². The average Bonchev–Trinajstić information content (AvgIpc) is 2.72. The maximum atomic E-state index is 4.14. The maximum absolute atomic E-state index is 4.14. The molecule has 2 heterocycles. The molecule has 1 aliphatic heterocycles. The smallest absolute Gasteiger partial charge is 0.115 e. The van der Waals surface area contributed by atoms with Crippen LogP contribution in [0.1, 0.15) is 18.9 Å². The minimum atomic E-state index is -0.0480. The molecule has 1 unspecified atom stereocenters. The summed E-state index contributed by atoms with van der Waals surface area (Å²) in [7, 11) is 0. The van der Waals surface area contributed by atoms with Crippen LogP contribution in [0.3, 0.4) is 0 Å². The highest BCUT2D eigenvalue weighted by atomic mass is 15.2. The van der Waals surface area contributed by atoms with Crippen molar-refractivity contribution in [3.8, 4) is 0 Å². The Morgan fingerprint density at radius 2 is 1.90 bits per heavy atom. The summed E-state index contributed by atoms with van der Waals surface area (Å²) in [4.78, 5) is 10.6. The van der Waals surface area contributed by atoms with E-state index in [0.717, 1.165) is 31.7 Å². The molecule has 0 aliphatic carbocycles. The molecule has 0 saturated carbocycles. The van der Waals surface area contributed by atoms with E-state index in [9.17, 15) is 0 Å². The van der Waals surface area contributed by atoms with Gasteiger partial charge in [-0.2, -0.15) is 0 Å². The van der Waals surface area contributed by atoms with Crippen LogP contribution in [0, 0.1) is 0 Å². The third-order valence-corrected chi connectivity index (χ3v) is 3.95. The number of hydrogen-bond acceptors (Lipinski definition) is 4. The predicted octanol–water partition coefficient (Wildman–Crippen LogP) is 2.19. The Hall–Kier alpha value is -1.94. The van der Waals surface area contributed by atoms with Gasteiger partial charge in [0.1, 0.15) is 6.33 Å². The zero-order valence-corrected chi connectivity index (χ0v) is 11.8. The molecule has 2 aromatic rings. The second kappa shape index (κ2) is 5.59. The summed E-state index contributed by atoms with van der Waals surface area (Å²) in [6, 6.07) is 10.6. The Labute approximate surface area is 119 Å². The van der Waals surface area contributed by atoms with Gasteiger partial charge >= 0.3 is 0 Å². The van der Waals surface area contributed by atoms with E-state index in [1.807, 2.05) is 12.4 Å². The molecule has 1 saturated heterocycles. The van der Waals surface area contributed by atoms with Crippen molar-refractivity contribution in [1.82, 2.24) is 15.3 Å². The van der Waals surface area contributed by atoms with Gasteiger partial charge in [0.15, 0.2) is 0 Å². The van der Waals surface area contributed by atoms with Crippen LogP contribution in [0.25, 0.3) is 0 Å². The number of anilines is 1. The molecule has 104 valence electrons. The van der Waals surface area contributed by atoms with Gasteiger partial charge in [-0.1, -0.05) is 30.3 Å². The van der Waals surface area contributed by atoms with Gasteiger partial charge in [0.25, 0.3) is 0 Å². The predicted molar refractivity (Wildman–Crippen MR) is 80.7 cm³/mol. The summed E-state index contributed by atoms with van der Waals surface area (Å²) in [5.41, 5.74) is 2.37. The molecule has 0 amide bonds. The Morgan fingerprint density at radius 3 is 2.65 bits per heavy atom. The second-order valence-electron chi connectivity index (χ2n) is 5.50. The highest BCUT2D eigenvalue weighted by molar-refractivity contribution is 5.43. The van der Waals surface area contributed by atoms with E-state index in [1.54, 1.807) is 6.33 Å². The van der Waals surface area contributed by atoms with E-state index in [4.69, 9.17) is 0 Å². The molecule has 3 rings (SSSR count). The average molecular weight is 268 g/mol. The van der Waals surface area contributed by atoms with Crippen molar-refractivity contribution < 1.29 is 0 Å². The second-order valence-corrected chi connectivity index (χ2v) is 5.50. The van der Waals surface area contributed by atoms with Crippen LogP contribution in [0.15, 0.2) is 49.1 Å². The van der Waals surface area contributed by atoms with Crippen LogP contribution in [-0.4, -0.2) is 29.6 Å². The van der Waals surface area contributed by atoms with Gasteiger partial charge in [0.2, 0.25) is 0 Å². The molecule has 1 fully saturated rings. The molecule has 1 atom stereocenters. The van der Waals surface area contributed by atoms with Gasteiger partial charge in [0, 0.05) is 13.1 Å². The molecule has 1 aromatic heterocycles. The first kappa shape index (κ1) is 13.1. The van der Waals surface area contributed by atoms with Crippen LogP contribution >= 0.6 is 0 Å². The highest BCUT2D eigenvalue weighted by Gasteiger charge is 2.30. The number of nitrogens with one attached hydrogen (secondary N) is 1. The first-order valence-corrected chi connectivity index (χ1v) is 7.08. The summed E-state index contributed by atoms with van der Waals surface area (Å²) < 4.78 is 0. The van der Waals surface area contributed by atoms with Crippen molar-refractivity contribution in [2.45, 2.75) is 18.9 Å². The fraction of sp³-hybridized carbons (Fsp3) is 0.375. The fourth-order valence-corrected chi connectivity index (χ4v) is 2.83. The topological polar surface area (TPSA) is 41.1 Å². The lowest BCUT2D eigenvalue weighted by Crippen LogP contribution is -2.46. The monoisotopic (exact) mass is 268 g/mol. The number of benzene rings is 1. The molecular formula is C16H20N4.